The van der Waals surface area contributed by atoms with Crippen LogP contribution in [0.1, 0.15) is 105 Å². The van der Waals surface area contributed by atoms with Crippen molar-refractivity contribution in [1.82, 2.24) is 0 Å². The molecule has 0 aromatic rings. The van der Waals surface area contributed by atoms with Crippen LogP contribution in [-0.2, 0) is 9.53 Å². The van der Waals surface area contributed by atoms with E-state index in [1.165, 1.54) is 70.6 Å². The van der Waals surface area contributed by atoms with Gasteiger partial charge in [0.15, 0.2) is 0 Å². The first-order valence-electron chi connectivity index (χ1n) is 9.70. The lowest BCUT2D eigenvalue weighted by atomic mass is 10.0. The summed E-state index contributed by atoms with van der Waals surface area (Å²) < 4.78 is 5.17. The third kappa shape index (κ3) is 15.9. The highest BCUT2D eigenvalue weighted by Gasteiger charge is 2.06. The largest absolute Gasteiger partial charge is 0.465 e. The van der Waals surface area contributed by atoms with E-state index < -0.39 is 0 Å². The predicted molar refractivity (Wildman–Crippen MR) is 96.0 cm³/mol. The molecule has 0 saturated carbocycles. The van der Waals surface area contributed by atoms with Crippen molar-refractivity contribution in [2.45, 2.75) is 105 Å². The van der Waals surface area contributed by atoms with E-state index in [0.29, 0.717) is 6.61 Å². The van der Waals surface area contributed by atoms with Gasteiger partial charge in [0.05, 0.1) is 12.5 Å². The molecule has 132 valence electrons. The number of esters is 1. The van der Waals surface area contributed by atoms with Crippen LogP contribution in [0.2, 0.25) is 0 Å². The highest BCUT2D eigenvalue weighted by atomic mass is 16.5. The summed E-state index contributed by atoms with van der Waals surface area (Å²) in [6.45, 7) is 9.00. The number of hydrogen-bond acceptors (Lipinski definition) is 2. The van der Waals surface area contributed by atoms with Gasteiger partial charge >= 0.3 is 5.97 Å². The molecule has 0 aromatic heterocycles. The van der Waals surface area contributed by atoms with Gasteiger partial charge in [0, 0.05) is 0 Å². The second-order valence-electron chi connectivity index (χ2n) is 7.39. The quantitative estimate of drug-likeness (QED) is 0.254. The van der Waals surface area contributed by atoms with E-state index in [1.54, 1.807) is 0 Å². The summed E-state index contributed by atoms with van der Waals surface area (Å²) in [5.41, 5.74) is 0. The van der Waals surface area contributed by atoms with Crippen molar-refractivity contribution in [3.05, 3.63) is 0 Å². The van der Waals surface area contributed by atoms with Crippen LogP contribution >= 0.6 is 0 Å². The zero-order valence-electron chi connectivity index (χ0n) is 15.7. The zero-order valence-corrected chi connectivity index (χ0v) is 15.7. The first kappa shape index (κ1) is 21.5. The predicted octanol–water partition coefficient (Wildman–Crippen LogP) is 6.52. The number of unbranched alkanes of at least 4 members (excludes halogenated alkanes) is 10. The number of ether oxygens (including phenoxy) is 1. The van der Waals surface area contributed by atoms with Gasteiger partial charge in [-0.3, -0.25) is 4.79 Å². The lowest BCUT2D eigenvalue weighted by Gasteiger charge is -2.07. The van der Waals surface area contributed by atoms with Crippen LogP contribution in [0.5, 0.6) is 0 Å². The van der Waals surface area contributed by atoms with E-state index in [9.17, 15) is 4.79 Å². The third-order valence-corrected chi connectivity index (χ3v) is 4.14. The summed E-state index contributed by atoms with van der Waals surface area (Å²) in [6.07, 6.45) is 16.1. The fraction of sp³-hybridized carbons (Fsp3) is 0.950. The van der Waals surface area contributed by atoms with Gasteiger partial charge < -0.3 is 4.74 Å². The van der Waals surface area contributed by atoms with Crippen LogP contribution in [-0.4, -0.2) is 12.6 Å². The average molecular weight is 313 g/mol. The van der Waals surface area contributed by atoms with Gasteiger partial charge in [0.2, 0.25) is 0 Å². The third-order valence-electron chi connectivity index (χ3n) is 4.14. The minimum Gasteiger partial charge on any atom is -0.465 e. The molecule has 0 aromatic carbocycles. The van der Waals surface area contributed by atoms with Crippen molar-refractivity contribution in [2.75, 3.05) is 6.61 Å². The van der Waals surface area contributed by atoms with Crippen molar-refractivity contribution in [1.29, 1.82) is 0 Å². The Morgan fingerprint density at radius 2 is 1.09 bits per heavy atom. The molecule has 0 rings (SSSR count). The average Bonchev–Trinajstić information content (AvgIpc) is 2.46. The van der Waals surface area contributed by atoms with Gasteiger partial charge in [-0.15, -0.1) is 0 Å². The highest BCUT2D eigenvalue weighted by Crippen LogP contribution is 2.13. The molecule has 0 radical (unpaired) electrons. The van der Waals surface area contributed by atoms with Crippen molar-refractivity contribution < 1.29 is 9.53 Å². The van der Waals surface area contributed by atoms with Gasteiger partial charge in [-0.05, 0) is 12.3 Å². The fourth-order valence-corrected chi connectivity index (χ4v) is 2.59. The lowest BCUT2D eigenvalue weighted by Crippen LogP contribution is -2.12. The molecular weight excluding hydrogens is 272 g/mol. The Morgan fingerprint density at radius 1 is 0.682 bits per heavy atom. The Kier molecular flexibility index (Phi) is 15.0. The van der Waals surface area contributed by atoms with Crippen LogP contribution in [0.4, 0.5) is 0 Å². The first-order chi connectivity index (χ1) is 10.5. The Hall–Kier alpha value is -0.530. The standard InChI is InChI=1S/C20H40O2/c1-18(2)16-14-12-10-8-6-5-7-9-11-13-15-17-22-20(21)19(3)4/h18-19H,5-17H2,1-4H3. The van der Waals surface area contributed by atoms with Gasteiger partial charge in [-0.1, -0.05) is 98.3 Å². The van der Waals surface area contributed by atoms with E-state index in [4.69, 9.17) is 4.74 Å². The molecule has 0 atom stereocenters. The van der Waals surface area contributed by atoms with E-state index in [0.717, 1.165) is 12.3 Å². The molecular formula is C20H40O2. The number of hydrogen-bond donors (Lipinski definition) is 0. The van der Waals surface area contributed by atoms with Gasteiger partial charge in [0.25, 0.3) is 0 Å². The molecule has 0 saturated heterocycles. The number of carbonyl (C=O) groups excluding carboxylic acids is 1. The smallest absolute Gasteiger partial charge is 0.308 e. The van der Waals surface area contributed by atoms with E-state index in [2.05, 4.69) is 13.8 Å². The molecule has 22 heavy (non-hydrogen) atoms. The summed E-state index contributed by atoms with van der Waals surface area (Å²) >= 11 is 0. The fourth-order valence-electron chi connectivity index (χ4n) is 2.59. The molecule has 0 aliphatic rings. The van der Waals surface area contributed by atoms with Crippen molar-refractivity contribution in [3.8, 4) is 0 Å². The first-order valence-corrected chi connectivity index (χ1v) is 9.70. The van der Waals surface area contributed by atoms with Crippen molar-refractivity contribution in [2.24, 2.45) is 11.8 Å². The maximum absolute atomic E-state index is 11.3. The van der Waals surface area contributed by atoms with Crippen LogP contribution in [0.15, 0.2) is 0 Å². The maximum Gasteiger partial charge on any atom is 0.308 e. The zero-order chi connectivity index (χ0) is 16.6. The second kappa shape index (κ2) is 15.4. The summed E-state index contributed by atoms with van der Waals surface area (Å²) in [6, 6.07) is 0. The molecule has 0 N–H and O–H groups in total. The molecule has 0 heterocycles. The summed E-state index contributed by atoms with van der Waals surface area (Å²) in [5.74, 6) is 0.813. The van der Waals surface area contributed by atoms with E-state index in [-0.39, 0.29) is 11.9 Å². The van der Waals surface area contributed by atoms with Crippen LogP contribution in [0, 0.1) is 11.8 Å². The van der Waals surface area contributed by atoms with E-state index >= 15 is 0 Å². The highest BCUT2D eigenvalue weighted by molar-refractivity contribution is 5.71. The minimum atomic E-state index is -0.0617. The molecule has 0 spiro atoms. The maximum atomic E-state index is 11.3. The molecule has 2 heteroatoms. The molecule has 0 aliphatic heterocycles. The molecule has 2 nitrogen and oxygen atoms in total. The van der Waals surface area contributed by atoms with Crippen molar-refractivity contribution >= 4 is 5.97 Å². The van der Waals surface area contributed by atoms with Crippen molar-refractivity contribution in [3.63, 3.8) is 0 Å². The molecule has 0 aliphatic carbocycles. The molecule has 0 unspecified atom stereocenters. The second-order valence-corrected chi connectivity index (χ2v) is 7.39. The molecule has 0 amide bonds. The monoisotopic (exact) mass is 312 g/mol. The number of carbonyl (C=O) groups is 1. The Bertz CT molecular complexity index is 246. The van der Waals surface area contributed by atoms with Gasteiger partial charge in [-0.25, -0.2) is 0 Å². The number of rotatable bonds is 15. The SMILES string of the molecule is CC(C)CCCCCCCCCCCCCOC(=O)C(C)C. The normalized spacial score (nSPS) is 11.4. The summed E-state index contributed by atoms with van der Waals surface area (Å²) in [7, 11) is 0. The molecule has 0 bridgehead atoms. The van der Waals surface area contributed by atoms with Crippen LogP contribution < -0.4 is 0 Å². The molecule has 0 fully saturated rings. The van der Waals surface area contributed by atoms with Crippen LogP contribution in [0.3, 0.4) is 0 Å². The lowest BCUT2D eigenvalue weighted by molar-refractivity contribution is -0.147. The Balaban J connectivity index is 3.07. The Labute approximate surface area is 139 Å². The van der Waals surface area contributed by atoms with Gasteiger partial charge in [0.1, 0.15) is 0 Å². The topological polar surface area (TPSA) is 26.3 Å². The minimum absolute atomic E-state index is 0.00498. The summed E-state index contributed by atoms with van der Waals surface area (Å²) in [5, 5.41) is 0. The summed E-state index contributed by atoms with van der Waals surface area (Å²) in [4.78, 5) is 11.3. The van der Waals surface area contributed by atoms with Gasteiger partial charge in [-0.2, -0.15) is 0 Å². The van der Waals surface area contributed by atoms with E-state index in [1.807, 2.05) is 13.8 Å². The Morgan fingerprint density at radius 3 is 1.50 bits per heavy atom. The van der Waals surface area contributed by atoms with Crippen LogP contribution in [0.25, 0.3) is 0 Å².